The van der Waals surface area contributed by atoms with Gasteiger partial charge in [-0.2, -0.15) is 0 Å². The summed E-state index contributed by atoms with van der Waals surface area (Å²) in [4.78, 5) is 71.4. The van der Waals surface area contributed by atoms with Crippen LogP contribution < -0.4 is 20.5 Å². The Morgan fingerprint density at radius 1 is 0.558 bits per heavy atom. The molecule has 0 bridgehead atoms. The van der Waals surface area contributed by atoms with Gasteiger partial charge in [-0.1, -0.05) is 115 Å². The zero-order valence-corrected chi connectivity index (χ0v) is 28.8. The number of rotatable bonds is 16. The van der Waals surface area contributed by atoms with Crippen LogP contribution >= 0.6 is 7.82 Å². The Bertz CT molecular complexity index is 2050. The quantitative estimate of drug-likeness (QED) is 0.0814. The van der Waals surface area contributed by atoms with Crippen molar-refractivity contribution in [3.63, 3.8) is 0 Å². The summed E-state index contributed by atoms with van der Waals surface area (Å²) in [6, 6.07) is 33.2. The molecule has 0 heterocycles. The van der Waals surface area contributed by atoms with Crippen LogP contribution in [0, 0.1) is 0 Å². The van der Waals surface area contributed by atoms with Crippen molar-refractivity contribution in [3.05, 3.63) is 150 Å². The summed E-state index contributed by atoms with van der Waals surface area (Å²) in [6.45, 7) is 0. The number of hydrogen-bond acceptors (Lipinski definition) is 6. The van der Waals surface area contributed by atoms with E-state index in [1.54, 1.807) is 30.3 Å². The predicted molar refractivity (Wildman–Crippen MR) is 194 cm³/mol. The highest BCUT2D eigenvalue weighted by molar-refractivity contribution is 7.46. The van der Waals surface area contributed by atoms with Gasteiger partial charge in [-0.15, -0.1) is 0 Å². The molecular weight excluding hydrogens is 685 g/mol. The normalized spacial score (nSPS) is 13.0. The smallest absolute Gasteiger partial charge is 0.480 e. The van der Waals surface area contributed by atoms with Gasteiger partial charge in [0.1, 0.15) is 23.9 Å². The van der Waals surface area contributed by atoms with Gasteiger partial charge in [-0.25, -0.2) is 9.36 Å². The average Bonchev–Trinajstić information content (AvgIpc) is 3.11. The van der Waals surface area contributed by atoms with Gasteiger partial charge in [0.15, 0.2) is 0 Å². The van der Waals surface area contributed by atoms with E-state index in [0.717, 1.165) is 21.9 Å². The minimum absolute atomic E-state index is 0.0179. The van der Waals surface area contributed by atoms with Crippen LogP contribution in [0.4, 0.5) is 0 Å². The number of carboxylic acid groups (broad SMARTS) is 1. The van der Waals surface area contributed by atoms with Crippen LogP contribution in [0.25, 0.3) is 10.8 Å². The predicted octanol–water partition coefficient (Wildman–Crippen LogP) is 4.12. The Morgan fingerprint density at radius 2 is 1.02 bits per heavy atom. The molecular formula is C39H38N3O9P. The molecule has 0 saturated carbocycles. The molecule has 268 valence electrons. The van der Waals surface area contributed by atoms with Crippen LogP contribution in [0.1, 0.15) is 22.3 Å². The lowest BCUT2D eigenvalue weighted by atomic mass is 10.0. The fourth-order valence-corrected chi connectivity index (χ4v) is 6.10. The molecule has 5 aromatic carbocycles. The number of fused-ring (bicyclic) bond motifs is 1. The Hall–Kier alpha value is -5.81. The van der Waals surface area contributed by atoms with Crippen molar-refractivity contribution in [3.8, 4) is 5.75 Å². The molecule has 5 aromatic rings. The molecule has 3 atom stereocenters. The van der Waals surface area contributed by atoms with Crippen molar-refractivity contribution in [1.29, 1.82) is 0 Å². The number of hydrogen-bond donors (Lipinski definition) is 6. The third-order valence-electron chi connectivity index (χ3n) is 8.23. The Labute approximate surface area is 300 Å². The zero-order chi connectivity index (χ0) is 37.1. The number of phosphoric ester groups is 1. The second-order valence-electron chi connectivity index (χ2n) is 12.2. The topological polar surface area (TPSA) is 191 Å². The van der Waals surface area contributed by atoms with E-state index in [1.807, 2.05) is 72.8 Å². The summed E-state index contributed by atoms with van der Waals surface area (Å²) in [6.07, 6.45) is 0.00626. The van der Waals surface area contributed by atoms with E-state index in [1.165, 1.54) is 24.3 Å². The van der Waals surface area contributed by atoms with Crippen molar-refractivity contribution in [1.82, 2.24) is 16.0 Å². The van der Waals surface area contributed by atoms with Crippen LogP contribution in [0.3, 0.4) is 0 Å². The molecule has 5 rings (SSSR count). The van der Waals surface area contributed by atoms with Crippen molar-refractivity contribution in [2.45, 2.75) is 43.8 Å². The molecule has 0 aliphatic rings. The van der Waals surface area contributed by atoms with Gasteiger partial charge < -0.3 is 25.6 Å². The zero-order valence-electron chi connectivity index (χ0n) is 27.9. The molecule has 0 aliphatic heterocycles. The third kappa shape index (κ3) is 11.4. The highest BCUT2D eigenvalue weighted by Crippen LogP contribution is 2.37. The van der Waals surface area contributed by atoms with E-state index in [0.29, 0.717) is 11.1 Å². The molecule has 52 heavy (non-hydrogen) atoms. The molecule has 12 nitrogen and oxygen atoms in total. The largest absolute Gasteiger partial charge is 0.524 e. The van der Waals surface area contributed by atoms with Gasteiger partial charge in [0, 0.05) is 19.3 Å². The fourth-order valence-electron chi connectivity index (χ4n) is 5.70. The highest BCUT2D eigenvalue weighted by Gasteiger charge is 2.30. The Morgan fingerprint density at radius 3 is 1.58 bits per heavy atom. The minimum atomic E-state index is -4.79. The molecule has 0 spiro atoms. The molecule has 0 unspecified atom stereocenters. The first-order chi connectivity index (χ1) is 24.9. The Balaban J connectivity index is 1.33. The molecule has 0 radical (unpaired) electrons. The summed E-state index contributed by atoms with van der Waals surface area (Å²) in [5.41, 5.74) is 2.68. The van der Waals surface area contributed by atoms with Crippen LogP contribution in [0.15, 0.2) is 127 Å². The van der Waals surface area contributed by atoms with E-state index in [4.69, 9.17) is 9.79 Å². The number of benzene rings is 5. The fraction of sp³-hybridized carbons (Fsp3) is 0.179. The molecule has 6 N–H and O–H groups in total. The maximum atomic E-state index is 14.0. The first-order valence-corrected chi connectivity index (χ1v) is 18.0. The summed E-state index contributed by atoms with van der Waals surface area (Å²) < 4.78 is 15.7. The molecule has 13 heteroatoms. The van der Waals surface area contributed by atoms with Gasteiger partial charge in [0.25, 0.3) is 0 Å². The van der Waals surface area contributed by atoms with Gasteiger partial charge >= 0.3 is 13.8 Å². The summed E-state index contributed by atoms with van der Waals surface area (Å²) in [5.74, 6) is -3.23. The summed E-state index contributed by atoms with van der Waals surface area (Å²) in [7, 11) is -4.79. The van der Waals surface area contributed by atoms with E-state index in [-0.39, 0.29) is 31.4 Å². The molecule has 0 aromatic heterocycles. The van der Waals surface area contributed by atoms with Crippen LogP contribution in [0.5, 0.6) is 5.75 Å². The van der Waals surface area contributed by atoms with Crippen molar-refractivity contribution >= 4 is 42.3 Å². The minimum Gasteiger partial charge on any atom is -0.480 e. The number of carbonyl (C=O) groups is 4. The lowest BCUT2D eigenvalue weighted by Crippen LogP contribution is -2.57. The van der Waals surface area contributed by atoms with Gasteiger partial charge in [0.05, 0.1) is 6.42 Å². The van der Waals surface area contributed by atoms with E-state index < -0.39 is 49.6 Å². The highest BCUT2D eigenvalue weighted by atomic mass is 31.2. The number of aliphatic carboxylic acids is 1. The molecule has 0 saturated heterocycles. The number of carboxylic acids is 1. The lowest BCUT2D eigenvalue weighted by Gasteiger charge is -2.25. The van der Waals surface area contributed by atoms with E-state index in [9.17, 15) is 28.8 Å². The monoisotopic (exact) mass is 723 g/mol. The van der Waals surface area contributed by atoms with E-state index in [2.05, 4.69) is 20.5 Å². The standard InChI is InChI=1S/C39H38N3O9P/c43-36(25-29-15-18-30-13-7-8-14-31(30)21-29)40-33(22-26-9-3-1-4-10-26)37(44)41-34(23-27-11-5-2-6-12-27)38(45)42-35(39(46)47)24-28-16-19-32(20-17-28)51-52(48,49)50/h1-21,33-35H,22-25H2,(H,40,43)(H,41,44)(H,42,45)(H,46,47)(H2,48,49,50)/t33-,34-,35-/m0/s1. The SMILES string of the molecule is O=C(Cc1ccc2ccccc2c1)N[C@@H](Cc1ccccc1)C(=O)N[C@@H](Cc1ccccc1)C(=O)N[C@@H](Cc1ccc(OP(=O)(O)O)cc1)C(=O)O. The van der Waals surface area contributed by atoms with Crippen molar-refractivity contribution in [2.75, 3.05) is 0 Å². The summed E-state index contributed by atoms with van der Waals surface area (Å²) >= 11 is 0. The van der Waals surface area contributed by atoms with Gasteiger partial charge in [0.2, 0.25) is 17.7 Å². The molecule has 0 aliphatic carbocycles. The first-order valence-electron chi connectivity index (χ1n) is 16.4. The molecule has 3 amide bonds. The number of nitrogens with one attached hydrogen (secondary N) is 3. The third-order valence-corrected chi connectivity index (χ3v) is 8.68. The second-order valence-corrected chi connectivity index (χ2v) is 13.4. The number of amides is 3. The van der Waals surface area contributed by atoms with Crippen LogP contribution in [-0.4, -0.2) is 56.7 Å². The first kappa shape index (κ1) is 37.4. The lowest BCUT2D eigenvalue weighted by molar-refractivity contribution is -0.142. The van der Waals surface area contributed by atoms with Crippen LogP contribution in [0.2, 0.25) is 0 Å². The average molecular weight is 724 g/mol. The van der Waals surface area contributed by atoms with Crippen molar-refractivity contribution in [2.24, 2.45) is 0 Å². The van der Waals surface area contributed by atoms with Crippen LogP contribution in [-0.2, 0) is 49.4 Å². The van der Waals surface area contributed by atoms with E-state index >= 15 is 0 Å². The maximum Gasteiger partial charge on any atom is 0.524 e. The Kier molecular flexibility index (Phi) is 12.5. The summed E-state index contributed by atoms with van der Waals surface area (Å²) in [5, 5.41) is 20.1. The number of phosphoric acid groups is 1. The van der Waals surface area contributed by atoms with Gasteiger partial charge in [-0.05, 0) is 45.2 Å². The number of carbonyl (C=O) groups excluding carboxylic acids is 3. The second kappa shape index (κ2) is 17.4. The molecule has 0 fully saturated rings. The van der Waals surface area contributed by atoms with Crippen molar-refractivity contribution < 1.29 is 43.2 Å². The maximum absolute atomic E-state index is 14.0. The van der Waals surface area contributed by atoms with Gasteiger partial charge in [-0.3, -0.25) is 24.2 Å².